The van der Waals surface area contributed by atoms with Crippen molar-refractivity contribution >= 4 is 11.8 Å². The van der Waals surface area contributed by atoms with Crippen molar-refractivity contribution in [1.29, 1.82) is 0 Å². The molecule has 1 fully saturated rings. The van der Waals surface area contributed by atoms with Gasteiger partial charge in [0, 0.05) is 24.1 Å². The fraction of sp³-hybridized carbons (Fsp3) is 0.600. The zero-order chi connectivity index (χ0) is 13.3. The summed E-state index contributed by atoms with van der Waals surface area (Å²) in [7, 11) is 0. The van der Waals surface area contributed by atoms with Gasteiger partial charge in [0.25, 0.3) is 0 Å². The zero-order valence-electron chi connectivity index (χ0n) is 11.2. The Kier molecular flexibility index (Phi) is 3.72. The van der Waals surface area contributed by atoms with E-state index in [0.29, 0.717) is 0 Å². The second kappa shape index (κ2) is 5.33. The maximum Gasteiger partial charge on any atom is 0.127 e. The Balaban J connectivity index is 1.94. The standard InChI is InChI=1S/C15H20FNOS/c1-2-17-13-10-15(5-7-19-8-6-15)18-14-9-11(16)3-4-12(13)14/h3-4,9,13,17H,2,5-8,10H2,1H3. The molecule has 0 bridgehead atoms. The molecule has 104 valence electrons. The second-order valence-electron chi connectivity index (χ2n) is 5.39. The van der Waals surface area contributed by atoms with Crippen LogP contribution in [0.2, 0.25) is 0 Å². The Bertz CT molecular complexity index is 459. The Morgan fingerprint density at radius 2 is 2.21 bits per heavy atom. The maximum atomic E-state index is 13.5. The average Bonchev–Trinajstić information content (AvgIpc) is 2.39. The van der Waals surface area contributed by atoms with E-state index >= 15 is 0 Å². The molecule has 0 aliphatic carbocycles. The summed E-state index contributed by atoms with van der Waals surface area (Å²) in [5, 5.41) is 3.52. The van der Waals surface area contributed by atoms with Crippen molar-refractivity contribution in [2.75, 3.05) is 18.1 Å². The molecule has 1 aromatic carbocycles. The lowest BCUT2D eigenvalue weighted by Gasteiger charge is -2.44. The summed E-state index contributed by atoms with van der Waals surface area (Å²) in [5.41, 5.74) is 1.02. The number of fused-ring (bicyclic) bond motifs is 1. The van der Waals surface area contributed by atoms with Crippen molar-refractivity contribution < 1.29 is 9.13 Å². The van der Waals surface area contributed by atoms with E-state index in [1.54, 1.807) is 6.07 Å². The van der Waals surface area contributed by atoms with Gasteiger partial charge in [-0.2, -0.15) is 11.8 Å². The molecule has 2 heterocycles. The molecule has 1 unspecified atom stereocenters. The van der Waals surface area contributed by atoms with E-state index in [1.807, 2.05) is 17.8 Å². The number of halogens is 1. The molecule has 4 heteroatoms. The normalized spacial score (nSPS) is 24.8. The van der Waals surface area contributed by atoms with E-state index in [9.17, 15) is 4.39 Å². The summed E-state index contributed by atoms with van der Waals surface area (Å²) in [6, 6.07) is 5.23. The molecule has 2 aliphatic rings. The summed E-state index contributed by atoms with van der Waals surface area (Å²) < 4.78 is 19.7. The molecule has 1 saturated heterocycles. The van der Waals surface area contributed by atoms with Crippen LogP contribution in [0.15, 0.2) is 18.2 Å². The summed E-state index contributed by atoms with van der Waals surface area (Å²) in [6.45, 7) is 3.04. The fourth-order valence-corrected chi connectivity index (χ4v) is 4.36. The topological polar surface area (TPSA) is 21.3 Å². The third-order valence-electron chi connectivity index (χ3n) is 4.11. The SMILES string of the molecule is CCNC1CC2(CCSCC2)Oc2cc(F)ccc21. The number of thioether (sulfide) groups is 1. The molecule has 1 spiro atoms. The minimum atomic E-state index is -0.212. The van der Waals surface area contributed by atoms with Crippen LogP contribution in [-0.4, -0.2) is 23.7 Å². The van der Waals surface area contributed by atoms with Gasteiger partial charge in [0.2, 0.25) is 0 Å². The number of ether oxygens (including phenoxy) is 1. The first kappa shape index (κ1) is 13.3. The van der Waals surface area contributed by atoms with E-state index in [4.69, 9.17) is 4.74 Å². The highest BCUT2D eigenvalue weighted by molar-refractivity contribution is 7.99. The van der Waals surface area contributed by atoms with E-state index in [-0.39, 0.29) is 17.5 Å². The Labute approximate surface area is 118 Å². The van der Waals surface area contributed by atoms with Crippen LogP contribution in [0, 0.1) is 5.82 Å². The maximum absolute atomic E-state index is 13.5. The first-order chi connectivity index (χ1) is 9.22. The molecule has 0 aromatic heterocycles. The van der Waals surface area contributed by atoms with Crippen LogP contribution in [0.4, 0.5) is 4.39 Å². The molecular weight excluding hydrogens is 261 g/mol. The van der Waals surface area contributed by atoms with Crippen molar-refractivity contribution in [3.63, 3.8) is 0 Å². The van der Waals surface area contributed by atoms with Crippen LogP contribution in [-0.2, 0) is 0 Å². The molecule has 19 heavy (non-hydrogen) atoms. The monoisotopic (exact) mass is 281 g/mol. The summed E-state index contributed by atoms with van der Waals surface area (Å²) in [6.07, 6.45) is 3.13. The highest BCUT2D eigenvalue weighted by Crippen LogP contribution is 2.45. The molecule has 0 saturated carbocycles. The summed E-state index contributed by atoms with van der Waals surface area (Å²) in [4.78, 5) is 0. The highest BCUT2D eigenvalue weighted by atomic mass is 32.2. The Morgan fingerprint density at radius 1 is 1.42 bits per heavy atom. The number of rotatable bonds is 2. The van der Waals surface area contributed by atoms with E-state index in [0.717, 1.165) is 48.6 Å². The lowest BCUT2D eigenvalue weighted by atomic mass is 9.83. The van der Waals surface area contributed by atoms with Gasteiger partial charge in [-0.1, -0.05) is 13.0 Å². The molecular formula is C15H20FNOS. The molecule has 0 amide bonds. The predicted molar refractivity (Wildman–Crippen MR) is 77.4 cm³/mol. The molecule has 2 nitrogen and oxygen atoms in total. The zero-order valence-corrected chi connectivity index (χ0v) is 12.1. The molecule has 2 aliphatic heterocycles. The average molecular weight is 281 g/mol. The van der Waals surface area contributed by atoms with Crippen molar-refractivity contribution in [2.45, 2.75) is 37.8 Å². The van der Waals surface area contributed by atoms with Crippen LogP contribution >= 0.6 is 11.8 Å². The van der Waals surface area contributed by atoms with Gasteiger partial charge in [-0.3, -0.25) is 0 Å². The van der Waals surface area contributed by atoms with E-state index < -0.39 is 0 Å². The van der Waals surface area contributed by atoms with Gasteiger partial charge in [-0.15, -0.1) is 0 Å². The van der Waals surface area contributed by atoms with E-state index in [1.165, 1.54) is 6.07 Å². The van der Waals surface area contributed by atoms with E-state index in [2.05, 4.69) is 12.2 Å². The number of hydrogen-bond acceptors (Lipinski definition) is 3. The van der Waals surface area contributed by atoms with Gasteiger partial charge in [0.05, 0.1) is 0 Å². The second-order valence-corrected chi connectivity index (χ2v) is 6.62. The third-order valence-corrected chi connectivity index (χ3v) is 5.09. The smallest absolute Gasteiger partial charge is 0.127 e. The van der Waals surface area contributed by atoms with Gasteiger partial charge in [-0.25, -0.2) is 4.39 Å². The third kappa shape index (κ3) is 2.61. The minimum Gasteiger partial charge on any atom is -0.487 e. The number of nitrogens with one attached hydrogen (secondary N) is 1. The molecule has 0 radical (unpaired) electrons. The van der Waals surface area contributed by atoms with Crippen LogP contribution in [0.3, 0.4) is 0 Å². The highest BCUT2D eigenvalue weighted by Gasteiger charge is 2.41. The van der Waals surface area contributed by atoms with Gasteiger partial charge in [0.1, 0.15) is 17.2 Å². The molecule has 1 atom stereocenters. The largest absolute Gasteiger partial charge is 0.487 e. The molecule has 1 aromatic rings. The van der Waals surface area contributed by atoms with Crippen molar-refractivity contribution in [1.82, 2.24) is 5.32 Å². The predicted octanol–water partition coefficient (Wildman–Crippen LogP) is 3.52. The van der Waals surface area contributed by atoms with Crippen LogP contribution in [0.1, 0.15) is 37.8 Å². The number of hydrogen-bond donors (Lipinski definition) is 1. The van der Waals surface area contributed by atoms with Crippen LogP contribution < -0.4 is 10.1 Å². The van der Waals surface area contributed by atoms with Gasteiger partial charge < -0.3 is 10.1 Å². The molecule has 3 rings (SSSR count). The van der Waals surface area contributed by atoms with Crippen LogP contribution in [0.5, 0.6) is 5.75 Å². The quantitative estimate of drug-likeness (QED) is 0.896. The number of benzene rings is 1. The van der Waals surface area contributed by atoms with Crippen molar-refractivity contribution in [3.8, 4) is 5.75 Å². The Morgan fingerprint density at radius 3 is 2.95 bits per heavy atom. The van der Waals surface area contributed by atoms with Crippen LogP contribution in [0.25, 0.3) is 0 Å². The van der Waals surface area contributed by atoms with Crippen molar-refractivity contribution in [3.05, 3.63) is 29.6 Å². The van der Waals surface area contributed by atoms with Gasteiger partial charge in [0.15, 0.2) is 0 Å². The first-order valence-corrected chi connectivity index (χ1v) is 8.17. The Hall–Kier alpha value is -0.740. The van der Waals surface area contributed by atoms with Gasteiger partial charge in [-0.05, 0) is 37.0 Å². The minimum absolute atomic E-state index is 0.0844. The summed E-state index contributed by atoms with van der Waals surface area (Å²) >= 11 is 1.99. The lowest BCUT2D eigenvalue weighted by molar-refractivity contribution is 0.0225. The summed E-state index contributed by atoms with van der Waals surface area (Å²) in [5.74, 6) is 2.81. The first-order valence-electron chi connectivity index (χ1n) is 7.02. The molecule has 1 N–H and O–H groups in total. The van der Waals surface area contributed by atoms with Gasteiger partial charge >= 0.3 is 0 Å². The fourth-order valence-electron chi connectivity index (χ4n) is 3.12. The lowest BCUT2D eigenvalue weighted by Crippen LogP contribution is -2.46. The van der Waals surface area contributed by atoms with Crippen molar-refractivity contribution in [2.24, 2.45) is 0 Å².